The molecule has 0 aliphatic heterocycles. The number of carbonyl (C=O) groups excluding carboxylic acids is 2. The Bertz CT molecular complexity index is 662. The third kappa shape index (κ3) is 4.79. The zero-order valence-electron chi connectivity index (χ0n) is 12.9. The predicted molar refractivity (Wildman–Crippen MR) is 87.1 cm³/mol. The van der Waals surface area contributed by atoms with Crippen LogP contribution < -0.4 is 5.32 Å². The standard InChI is InChI=1S/C16H17N3O3S/c1-22-15(20)9-13(11-3-5-12(23-2)6-4-11)19-16(21)14-10-17-7-8-18-14/h3-8,10,13H,9H2,1-2H3,(H,19,21). The lowest BCUT2D eigenvalue weighted by Gasteiger charge is -2.18. The van der Waals surface area contributed by atoms with Crippen LogP contribution in [0.4, 0.5) is 0 Å². The molecule has 1 amide bonds. The maximum atomic E-state index is 12.3. The second kappa shape index (κ2) is 8.28. The number of rotatable bonds is 6. The Morgan fingerprint density at radius 3 is 2.57 bits per heavy atom. The average molecular weight is 331 g/mol. The van der Waals surface area contributed by atoms with Crippen LogP contribution in [-0.4, -0.2) is 35.2 Å². The van der Waals surface area contributed by atoms with Crippen LogP contribution in [0, 0.1) is 0 Å². The van der Waals surface area contributed by atoms with E-state index in [0.717, 1.165) is 10.5 Å². The first-order chi connectivity index (χ1) is 11.1. The largest absolute Gasteiger partial charge is 0.469 e. The van der Waals surface area contributed by atoms with Crippen LogP contribution in [0.2, 0.25) is 0 Å². The van der Waals surface area contributed by atoms with Crippen LogP contribution in [0.15, 0.2) is 47.8 Å². The van der Waals surface area contributed by atoms with Gasteiger partial charge in [-0.05, 0) is 24.0 Å². The monoisotopic (exact) mass is 331 g/mol. The van der Waals surface area contributed by atoms with Crippen molar-refractivity contribution in [1.29, 1.82) is 0 Å². The number of carbonyl (C=O) groups is 2. The Morgan fingerprint density at radius 1 is 1.26 bits per heavy atom. The second-order valence-electron chi connectivity index (χ2n) is 4.67. The van der Waals surface area contributed by atoms with Gasteiger partial charge in [0, 0.05) is 17.3 Å². The third-order valence-corrected chi connectivity index (χ3v) is 3.96. The fraction of sp³-hybridized carbons (Fsp3) is 0.250. The Balaban J connectivity index is 2.19. The van der Waals surface area contributed by atoms with E-state index in [1.165, 1.54) is 25.7 Å². The van der Waals surface area contributed by atoms with Gasteiger partial charge in [-0.2, -0.15) is 0 Å². The normalized spacial score (nSPS) is 11.6. The summed E-state index contributed by atoms with van der Waals surface area (Å²) < 4.78 is 4.71. The van der Waals surface area contributed by atoms with E-state index >= 15 is 0 Å². The highest BCUT2D eigenvalue weighted by Gasteiger charge is 2.20. The van der Waals surface area contributed by atoms with Crippen LogP contribution in [0.25, 0.3) is 0 Å². The summed E-state index contributed by atoms with van der Waals surface area (Å²) in [6.45, 7) is 0. The smallest absolute Gasteiger partial charge is 0.307 e. The van der Waals surface area contributed by atoms with Gasteiger partial charge >= 0.3 is 5.97 Å². The van der Waals surface area contributed by atoms with Crippen LogP contribution >= 0.6 is 11.8 Å². The van der Waals surface area contributed by atoms with Crippen LogP contribution in [0.1, 0.15) is 28.5 Å². The van der Waals surface area contributed by atoms with E-state index in [2.05, 4.69) is 15.3 Å². The van der Waals surface area contributed by atoms with Gasteiger partial charge in [-0.3, -0.25) is 14.6 Å². The fourth-order valence-corrected chi connectivity index (χ4v) is 2.40. The van der Waals surface area contributed by atoms with E-state index in [1.807, 2.05) is 30.5 Å². The highest BCUT2D eigenvalue weighted by atomic mass is 32.2. The first-order valence-corrected chi connectivity index (χ1v) is 8.14. The Labute approximate surface area is 138 Å². The van der Waals surface area contributed by atoms with E-state index in [0.29, 0.717) is 0 Å². The number of hydrogen-bond acceptors (Lipinski definition) is 6. The molecule has 0 bridgehead atoms. The molecule has 0 fully saturated rings. The minimum atomic E-state index is -0.493. The van der Waals surface area contributed by atoms with Crippen molar-refractivity contribution in [3.05, 3.63) is 54.1 Å². The number of thioether (sulfide) groups is 1. The number of hydrogen-bond donors (Lipinski definition) is 1. The Hall–Kier alpha value is -2.41. The van der Waals surface area contributed by atoms with Crippen molar-refractivity contribution in [2.75, 3.05) is 13.4 Å². The summed E-state index contributed by atoms with van der Waals surface area (Å²) in [7, 11) is 1.32. The molecular weight excluding hydrogens is 314 g/mol. The van der Waals surface area contributed by atoms with Gasteiger partial charge in [0.15, 0.2) is 0 Å². The molecule has 0 aliphatic carbocycles. The topological polar surface area (TPSA) is 81.2 Å². The molecule has 23 heavy (non-hydrogen) atoms. The first-order valence-electron chi connectivity index (χ1n) is 6.91. The number of amides is 1. The molecule has 1 heterocycles. The Morgan fingerprint density at radius 2 is 2.00 bits per heavy atom. The molecule has 1 aromatic carbocycles. The van der Waals surface area contributed by atoms with Gasteiger partial charge in [-0.1, -0.05) is 12.1 Å². The number of aromatic nitrogens is 2. The van der Waals surface area contributed by atoms with Crippen molar-refractivity contribution in [3.63, 3.8) is 0 Å². The molecule has 120 valence electrons. The molecule has 0 aliphatic rings. The quantitative estimate of drug-likeness (QED) is 0.646. The van der Waals surface area contributed by atoms with Crippen molar-refractivity contribution in [2.24, 2.45) is 0 Å². The first kappa shape index (κ1) is 17.0. The number of benzene rings is 1. The van der Waals surface area contributed by atoms with Crippen LogP contribution in [0.5, 0.6) is 0 Å². The van der Waals surface area contributed by atoms with Crippen molar-refractivity contribution < 1.29 is 14.3 Å². The molecule has 1 aromatic heterocycles. The number of methoxy groups -OCH3 is 1. The maximum Gasteiger partial charge on any atom is 0.307 e. The lowest BCUT2D eigenvalue weighted by atomic mass is 10.0. The molecule has 1 N–H and O–H groups in total. The highest BCUT2D eigenvalue weighted by Crippen LogP contribution is 2.22. The molecule has 2 rings (SSSR count). The van der Waals surface area contributed by atoms with E-state index in [1.54, 1.807) is 11.8 Å². The lowest BCUT2D eigenvalue weighted by molar-refractivity contribution is -0.141. The van der Waals surface area contributed by atoms with Crippen molar-refractivity contribution in [2.45, 2.75) is 17.4 Å². The minimum absolute atomic E-state index is 0.0428. The predicted octanol–water partition coefficient (Wildman–Crippen LogP) is 2.23. The highest BCUT2D eigenvalue weighted by molar-refractivity contribution is 7.98. The number of nitrogens with one attached hydrogen (secondary N) is 1. The second-order valence-corrected chi connectivity index (χ2v) is 5.55. The van der Waals surface area contributed by atoms with Gasteiger partial charge in [0.25, 0.3) is 5.91 Å². The molecule has 0 spiro atoms. The summed E-state index contributed by atoms with van der Waals surface area (Å²) in [4.78, 5) is 32.8. The van der Waals surface area contributed by atoms with E-state index in [9.17, 15) is 9.59 Å². The summed E-state index contributed by atoms with van der Waals surface area (Å²) in [5.74, 6) is -0.788. The third-order valence-electron chi connectivity index (χ3n) is 3.22. The summed E-state index contributed by atoms with van der Waals surface area (Å²) in [5, 5.41) is 2.80. The zero-order chi connectivity index (χ0) is 16.7. The lowest BCUT2D eigenvalue weighted by Crippen LogP contribution is -2.31. The van der Waals surface area contributed by atoms with Gasteiger partial charge in [-0.25, -0.2) is 4.98 Å². The molecule has 6 nitrogen and oxygen atoms in total. The minimum Gasteiger partial charge on any atom is -0.469 e. The van der Waals surface area contributed by atoms with Crippen LogP contribution in [-0.2, 0) is 9.53 Å². The van der Waals surface area contributed by atoms with Gasteiger partial charge in [-0.15, -0.1) is 11.8 Å². The molecule has 1 unspecified atom stereocenters. The SMILES string of the molecule is COC(=O)CC(NC(=O)c1cnccn1)c1ccc(SC)cc1. The molecule has 0 saturated heterocycles. The van der Waals surface area contributed by atoms with E-state index < -0.39 is 12.0 Å². The van der Waals surface area contributed by atoms with Gasteiger partial charge in [0.2, 0.25) is 0 Å². The molecule has 0 radical (unpaired) electrons. The molecule has 1 atom stereocenters. The number of ether oxygens (including phenoxy) is 1. The van der Waals surface area contributed by atoms with Gasteiger partial charge in [0.05, 0.1) is 25.8 Å². The van der Waals surface area contributed by atoms with Crippen molar-refractivity contribution in [1.82, 2.24) is 15.3 Å². The van der Waals surface area contributed by atoms with Gasteiger partial charge in [0.1, 0.15) is 5.69 Å². The molecule has 7 heteroatoms. The average Bonchev–Trinajstić information content (AvgIpc) is 2.61. The Kier molecular flexibility index (Phi) is 6.10. The van der Waals surface area contributed by atoms with Crippen molar-refractivity contribution >= 4 is 23.6 Å². The number of esters is 1. The summed E-state index contributed by atoms with van der Waals surface area (Å²) in [6.07, 6.45) is 6.33. The molecule has 0 saturated carbocycles. The summed E-state index contributed by atoms with van der Waals surface area (Å²) >= 11 is 1.62. The fourth-order valence-electron chi connectivity index (χ4n) is 1.99. The summed E-state index contributed by atoms with van der Waals surface area (Å²) in [5.41, 5.74) is 1.02. The van der Waals surface area contributed by atoms with E-state index in [4.69, 9.17) is 4.74 Å². The molecular formula is C16H17N3O3S. The maximum absolute atomic E-state index is 12.3. The van der Waals surface area contributed by atoms with E-state index in [-0.39, 0.29) is 18.0 Å². The van der Waals surface area contributed by atoms with Crippen molar-refractivity contribution in [3.8, 4) is 0 Å². The van der Waals surface area contributed by atoms with Crippen LogP contribution in [0.3, 0.4) is 0 Å². The molecule has 2 aromatic rings. The zero-order valence-corrected chi connectivity index (χ0v) is 13.7. The summed E-state index contributed by atoms with van der Waals surface area (Å²) in [6, 6.07) is 7.16. The number of nitrogens with zero attached hydrogens (tertiary/aromatic N) is 2. The van der Waals surface area contributed by atoms with Gasteiger partial charge < -0.3 is 10.1 Å².